The average molecular weight is 306 g/mol. The minimum atomic E-state index is -3.56. The average Bonchev–Trinajstić information content (AvgIpc) is 2.66. The largest absolute Gasteiger partial charge is 0.308 e. The molecule has 0 aromatic carbocycles. The van der Waals surface area contributed by atoms with Crippen LogP contribution < -0.4 is 4.72 Å². The van der Waals surface area contributed by atoms with Crippen LogP contribution >= 0.6 is 11.6 Å². The zero-order valence-corrected chi connectivity index (χ0v) is 13.0. The van der Waals surface area contributed by atoms with E-state index in [2.05, 4.69) is 23.6 Å². The van der Waals surface area contributed by atoms with Crippen LogP contribution in [0.5, 0.6) is 0 Å². The van der Waals surface area contributed by atoms with Crippen molar-refractivity contribution in [2.24, 2.45) is 18.9 Å². The summed E-state index contributed by atoms with van der Waals surface area (Å²) in [5, 5.41) is 0.286. The van der Waals surface area contributed by atoms with Crippen molar-refractivity contribution in [1.29, 1.82) is 0 Å². The van der Waals surface area contributed by atoms with E-state index < -0.39 is 10.0 Å². The topological polar surface area (TPSA) is 64.0 Å². The number of halogens is 1. The highest BCUT2D eigenvalue weighted by atomic mass is 35.5. The fraction of sp³-hybridized carbons (Fsp3) is 0.750. The molecule has 1 N–H and O–H groups in total. The number of rotatable bonds is 3. The molecule has 108 valence electrons. The van der Waals surface area contributed by atoms with Crippen LogP contribution in [-0.4, -0.2) is 24.0 Å². The molecule has 0 amide bonds. The Morgan fingerprint density at radius 2 is 2.11 bits per heavy atom. The molecule has 1 saturated carbocycles. The third-order valence-corrected chi connectivity index (χ3v) is 6.07. The quantitative estimate of drug-likeness (QED) is 0.931. The lowest BCUT2D eigenvalue weighted by molar-refractivity contribution is 0.226. The number of hydrogen-bond acceptors (Lipinski definition) is 3. The van der Waals surface area contributed by atoms with Gasteiger partial charge in [0.05, 0.1) is 6.20 Å². The first kappa shape index (κ1) is 14.8. The summed E-state index contributed by atoms with van der Waals surface area (Å²) in [5.74, 6) is 0.879. The maximum Gasteiger partial charge on any atom is 0.258 e. The van der Waals surface area contributed by atoms with Crippen molar-refractivity contribution < 1.29 is 8.42 Å². The van der Waals surface area contributed by atoms with Gasteiger partial charge in [-0.15, -0.1) is 0 Å². The predicted octanol–water partition coefficient (Wildman–Crippen LogP) is 2.18. The van der Waals surface area contributed by atoms with Gasteiger partial charge >= 0.3 is 0 Å². The van der Waals surface area contributed by atoms with Crippen LogP contribution in [0.25, 0.3) is 0 Å². The first-order chi connectivity index (χ1) is 8.83. The Bertz CT molecular complexity index is 555. The van der Waals surface area contributed by atoms with Crippen molar-refractivity contribution in [1.82, 2.24) is 14.3 Å². The molecule has 5 nitrogen and oxygen atoms in total. The molecule has 1 heterocycles. The summed E-state index contributed by atoms with van der Waals surface area (Å²) in [4.78, 5) is 3.82. The van der Waals surface area contributed by atoms with Crippen molar-refractivity contribution in [3.05, 3.63) is 11.5 Å². The van der Waals surface area contributed by atoms with Gasteiger partial charge in [-0.25, -0.2) is 18.1 Å². The van der Waals surface area contributed by atoms with Crippen molar-refractivity contribution in [2.75, 3.05) is 0 Å². The molecule has 0 aliphatic heterocycles. The summed E-state index contributed by atoms with van der Waals surface area (Å²) >= 11 is 5.79. The monoisotopic (exact) mass is 305 g/mol. The second kappa shape index (κ2) is 5.42. The zero-order chi connectivity index (χ0) is 14.2. The Morgan fingerprint density at radius 3 is 2.68 bits per heavy atom. The summed E-state index contributed by atoms with van der Waals surface area (Å²) in [7, 11) is -1.97. The van der Waals surface area contributed by atoms with Crippen LogP contribution in [-0.2, 0) is 17.1 Å². The van der Waals surface area contributed by atoms with Crippen LogP contribution in [0.3, 0.4) is 0 Å². The summed E-state index contributed by atoms with van der Waals surface area (Å²) in [6.07, 6.45) is 4.40. The standard InChI is InChI=1S/C12H20ClN3O2S/c1-8-5-4-6-10(9(8)2)15-19(17,18)11-7-14-12(13)16(11)3/h7-10,15H,4-6H2,1-3H3/t8-,9+,10+/m1/s1. The van der Waals surface area contributed by atoms with Crippen molar-refractivity contribution >= 4 is 21.6 Å². The van der Waals surface area contributed by atoms with E-state index in [1.165, 1.54) is 10.8 Å². The normalized spacial score (nSPS) is 28.5. The maximum atomic E-state index is 12.4. The van der Waals surface area contributed by atoms with Crippen molar-refractivity contribution in [3.63, 3.8) is 0 Å². The SMILES string of the molecule is C[C@H]1[C@H](C)CCC[C@@H]1NS(=O)(=O)c1cnc(Cl)n1C. The van der Waals surface area contributed by atoms with Gasteiger partial charge in [-0.1, -0.05) is 26.7 Å². The highest BCUT2D eigenvalue weighted by Gasteiger charge is 2.32. The number of hydrogen-bond donors (Lipinski definition) is 1. The number of aromatic nitrogens is 2. The molecule has 0 spiro atoms. The van der Waals surface area contributed by atoms with E-state index in [-0.39, 0.29) is 16.4 Å². The van der Waals surface area contributed by atoms with Crippen LogP contribution in [0.1, 0.15) is 33.1 Å². The lowest BCUT2D eigenvalue weighted by Gasteiger charge is -2.34. The van der Waals surface area contributed by atoms with Crippen LogP contribution in [0, 0.1) is 11.8 Å². The molecule has 1 fully saturated rings. The predicted molar refractivity (Wildman–Crippen MR) is 74.5 cm³/mol. The molecule has 0 radical (unpaired) electrons. The second-order valence-corrected chi connectivity index (χ2v) is 7.42. The number of nitrogens with zero attached hydrogens (tertiary/aromatic N) is 2. The number of imidazole rings is 1. The van der Waals surface area contributed by atoms with Gasteiger partial charge < -0.3 is 4.57 Å². The van der Waals surface area contributed by atoms with E-state index >= 15 is 0 Å². The molecule has 7 heteroatoms. The highest BCUT2D eigenvalue weighted by molar-refractivity contribution is 7.89. The smallest absolute Gasteiger partial charge is 0.258 e. The van der Waals surface area contributed by atoms with Gasteiger partial charge in [-0.2, -0.15) is 0 Å². The van der Waals surface area contributed by atoms with Crippen LogP contribution in [0.4, 0.5) is 0 Å². The minimum absolute atomic E-state index is 0.0116. The van der Waals surface area contributed by atoms with E-state index in [1.54, 1.807) is 7.05 Å². The first-order valence-electron chi connectivity index (χ1n) is 6.52. The summed E-state index contributed by atoms with van der Waals surface area (Å²) < 4.78 is 28.9. The molecule has 1 aromatic rings. The van der Waals surface area contributed by atoms with Crippen molar-refractivity contribution in [3.8, 4) is 0 Å². The maximum absolute atomic E-state index is 12.4. The van der Waals surface area contributed by atoms with Gasteiger partial charge in [0.2, 0.25) is 5.28 Å². The fourth-order valence-electron chi connectivity index (χ4n) is 2.63. The van der Waals surface area contributed by atoms with Gasteiger partial charge in [0.15, 0.2) is 5.03 Å². The summed E-state index contributed by atoms with van der Waals surface area (Å²) in [6, 6.07) is -0.0116. The lowest BCUT2D eigenvalue weighted by atomic mass is 9.78. The van der Waals surface area contributed by atoms with Gasteiger partial charge in [-0.3, -0.25) is 0 Å². The Hall–Kier alpha value is -0.590. The molecular weight excluding hydrogens is 286 g/mol. The van der Waals surface area contributed by atoms with E-state index in [1.807, 2.05) is 0 Å². The van der Waals surface area contributed by atoms with Gasteiger partial charge in [0.25, 0.3) is 10.0 Å². The van der Waals surface area contributed by atoms with E-state index in [0.29, 0.717) is 11.8 Å². The Kier molecular flexibility index (Phi) is 4.23. The molecule has 0 bridgehead atoms. The molecule has 1 aromatic heterocycles. The lowest BCUT2D eigenvalue weighted by Crippen LogP contribution is -2.44. The fourth-order valence-corrected chi connectivity index (χ4v) is 4.31. The Balaban J connectivity index is 2.20. The van der Waals surface area contributed by atoms with Gasteiger partial charge in [0.1, 0.15) is 0 Å². The third-order valence-electron chi connectivity index (χ3n) is 4.18. The van der Waals surface area contributed by atoms with Crippen LogP contribution in [0.2, 0.25) is 5.28 Å². The molecule has 3 atom stereocenters. The second-order valence-electron chi connectivity index (χ2n) is 5.42. The van der Waals surface area contributed by atoms with E-state index in [0.717, 1.165) is 19.3 Å². The molecule has 0 saturated heterocycles. The van der Waals surface area contributed by atoms with Gasteiger partial charge in [-0.05, 0) is 29.9 Å². The Morgan fingerprint density at radius 1 is 1.42 bits per heavy atom. The van der Waals surface area contributed by atoms with Crippen molar-refractivity contribution in [2.45, 2.75) is 44.2 Å². The molecule has 0 unspecified atom stereocenters. The molecule has 1 aliphatic carbocycles. The molecule has 1 aliphatic rings. The highest BCUT2D eigenvalue weighted by Crippen LogP contribution is 2.30. The van der Waals surface area contributed by atoms with Gasteiger partial charge in [0, 0.05) is 13.1 Å². The minimum Gasteiger partial charge on any atom is -0.308 e. The summed E-state index contributed by atoms with van der Waals surface area (Å²) in [6.45, 7) is 4.28. The molecule has 2 rings (SSSR count). The first-order valence-corrected chi connectivity index (χ1v) is 8.38. The molecular formula is C12H20ClN3O2S. The zero-order valence-electron chi connectivity index (χ0n) is 11.4. The number of sulfonamides is 1. The van der Waals surface area contributed by atoms with E-state index in [9.17, 15) is 8.42 Å². The molecule has 19 heavy (non-hydrogen) atoms. The van der Waals surface area contributed by atoms with E-state index in [4.69, 9.17) is 11.6 Å². The summed E-state index contributed by atoms with van der Waals surface area (Å²) in [5.41, 5.74) is 0. The Labute approximate surface area is 119 Å². The number of nitrogens with one attached hydrogen (secondary N) is 1. The van der Waals surface area contributed by atoms with Crippen LogP contribution in [0.15, 0.2) is 11.2 Å². The third kappa shape index (κ3) is 2.95.